The quantitative estimate of drug-likeness (QED) is 0.0614. The third-order valence-electron chi connectivity index (χ3n) is 9.60. The number of amides is 3. The van der Waals surface area contributed by atoms with Gasteiger partial charge in [-0.2, -0.15) is 0 Å². The van der Waals surface area contributed by atoms with Crippen LogP contribution in [0.25, 0.3) is 22.3 Å². The molecule has 15 nitrogen and oxygen atoms in total. The minimum absolute atomic E-state index is 0.0447. The van der Waals surface area contributed by atoms with Crippen LogP contribution in [0, 0.1) is 13.8 Å². The van der Waals surface area contributed by atoms with Crippen molar-refractivity contribution in [1.29, 1.82) is 0 Å². The van der Waals surface area contributed by atoms with Gasteiger partial charge < -0.3 is 45.1 Å². The van der Waals surface area contributed by atoms with Crippen LogP contribution in [0.15, 0.2) is 85.5 Å². The number of carboxylic acids is 1. The molecule has 0 bridgehead atoms. The first-order valence-electron chi connectivity index (χ1n) is 20.4. The third-order valence-corrected chi connectivity index (χ3v) is 14.9. The second-order valence-corrected chi connectivity index (χ2v) is 22.6. The van der Waals surface area contributed by atoms with E-state index in [1.165, 1.54) is 0 Å². The lowest BCUT2D eigenvalue weighted by Gasteiger charge is -2.22. The molecule has 0 aliphatic heterocycles. The molecule has 19 heteroatoms. The van der Waals surface area contributed by atoms with Crippen LogP contribution >= 0.6 is 43.2 Å². The molecule has 4 aromatic heterocycles. The summed E-state index contributed by atoms with van der Waals surface area (Å²) in [6.45, 7) is 13.5. The maximum absolute atomic E-state index is 12.7. The molecule has 3 amide bonds. The molecule has 6 rings (SSSR count). The number of carbonyl (C=O) groups excluding carboxylic acids is 3. The maximum atomic E-state index is 12.7. The minimum Gasteiger partial charge on any atom is -0.477 e. The molecule has 0 saturated heterocycles. The molecule has 4 heterocycles. The normalized spacial score (nSPS) is 11.2. The molecule has 0 aliphatic carbocycles. The molecular formula is C46H60N10O5S4. The lowest BCUT2D eigenvalue weighted by molar-refractivity contribution is 0.0685. The molecule has 6 aromatic rings. The number of carboxylic acid groups (broad SMARTS) is 1. The van der Waals surface area contributed by atoms with Gasteiger partial charge in [-0.05, 0) is 102 Å². The number of nitrogens with two attached hydrogens (primary N) is 1. The van der Waals surface area contributed by atoms with Gasteiger partial charge in [0, 0.05) is 98.1 Å². The van der Waals surface area contributed by atoms with E-state index >= 15 is 0 Å². The van der Waals surface area contributed by atoms with Crippen molar-refractivity contribution in [3.63, 3.8) is 0 Å². The summed E-state index contributed by atoms with van der Waals surface area (Å²) in [5, 5.41) is 17.8. The monoisotopic (exact) mass is 960 g/mol. The van der Waals surface area contributed by atoms with Crippen molar-refractivity contribution in [2.45, 2.75) is 51.0 Å². The highest BCUT2D eigenvalue weighted by Crippen LogP contribution is 2.33. The van der Waals surface area contributed by atoms with Crippen molar-refractivity contribution in [2.75, 3.05) is 36.2 Å². The Bertz CT molecular complexity index is 2570. The molecule has 65 heavy (non-hydrogen) atoms. The van der Waals surface area contributed by atoms with Gasteiger partial charge in [-0.15, -0.1) is 0 Å². The first-order valence-corrected chi connectivity index (χ1v) is 25.5. The van der Waals surface area contributed by atoms with Crippen molar-refractivity contribution in [1.82, 2.24) is 33.6 Å². The number of imidazole rings is 2. The number of aromatic nitrogens is 6. The highest BCUT2D eigenvalue weighted by atomic mass is 33.1. The number of nitrogens with one attached hydrogen (secondary N) is 3. The van der Waals surface area contributed by atoms with Crippen LogP contribution in [0.1, 0.15) is 81.3 Å². The van der Waals surface area contributed by atoms with Crippen molar-refractivity contribution in [2.24, 2.45) is 33.9 Å². The molecule has 0 spiro atoms. The number of hydrogen-bond donors (Lipinski definition) is 5. The Morgan fingerprint density at radius 1 is 0.600 bits per heavy atom. The molecular weight excluding hydrogens is 901 g/mol. The number of anilines is 2. The predicted octanol–water partition coefficient (Wildman–Crippen LogP) is 8.93. The average molecular weight is 961 g/mol. The molecule has 0 radical (unpaired) electrons. The van der Waals surface area contributed by atoms with Crippen LogP contribution < -0.4 is 21.7 Å². The van der Waals surface area contributed by atoms with Gasteiger partial charge in [-0.1, -0.05) is 67.4 Å². The fourth-order valence-corrected chi connectivity index (χ4v) is 10.5. The van der Waals surface area contributed by atoms with E-state index in [-0.39, 0.29) is 32.9 Å². The summed E-state index contributed by atoms with van der Waals surface area (Å²) in [6.07, 6.45) is 11.4. The van der Waals surface area contributed by atoms with Crippen LogP contribution in [-0.2, 0) is 28.2 Å². The van der Waals surface area contributed by atoms with Crippen molar-refractivity contribution in [3.05, 3.63) is 120 Å². The summed E-state index contributed by atoms with van der Waals surface area (Å²) in [5.74, 6) is -0.892. The number of aromatic carboxylic acids is 1. The van der Waals surface area contributed by atoms with E-state index in [9.17, 15) is 19.2 Å². The summed E-state index contributed by atoms with van der Waals surface area (Å²) in [5.41, 5.74) is 12.8. The smallest absolute Gasteiger partial charge is 0.352 e. The summed E-state index contributed by atoms with van der Waals surface area (Å²) < 4.78 is 6.98. The van der Waals surface area contributed by atoms with E-state index in [0.29, 0.717) is 35.3 Å². The zero-order chi connectivity index (χ0) is 48.2. The van der Waals surface area contributed by atoms with Crippen LogP contribution in [0.2, 0.25) is 0 Å². The Morgan fingerprint density at radius 3 is 1.34 bits per heavy atom. The summed E-state index contributed by atoms with van der Waals surface area (Å²) >= 11 is 0. The number of benzene rings is 2. The Labute approximate surface area is 397 Å². The summed E-state index contributed by atoms with van der Waals surface area (Å²) in [7, 11) is 14.2. The van der Waals surface area contributed by atoms with E-state index < -0.39 is 5.97 Å². The highest BCUT2D eigenvalue weighted by Gasteiger charge is 2.22. The number of carbonyl (C=O) groups is 4. The van der Waals surface area contributed by atoms with Gasteiger partial charge in [0.25, 0.3) is 17.7 Å². The molecule has 0 aliphatic rings. The molecule has 2 aromatic carbocycles. The van der Waals surface area contributed by atoms with Crippen LogP contribution in [0.5, 0.6) is 0 Å². The summed E-state index contributed by atoms with van der Waals surface area (Å²) in [6, 6.07) is 18.3. The van der Waals surface area contributed by atoms with E-state index in [4.69, 9.17) is 10.8 Å². The fraction of sp³-hybridized carbons (Fsp3) is 0.348. The van der Waals surface area contributed by atoms with Gasteiger partial charge in [-0.3, -0.25) is 14.4 Å². The zero-order valence-corrected chi connectivity index (χ0v) is 42.2. The Kier molecular flexibility index (Phi) is 18.7. The molecule has 0 atom stereocenters. The number of nitrogens with zero attached hydrogens (tertiary/aromatic N) is 6. The zero-order valence-electron chi connectivity index (χ0n) is 39.0. The predicted molar refractivity (Wildman–Crippen MR) is 272 cm³/mol. The van der Waals surface area contributed by atoms with Gasteiger partial charge >= 0.3 is 5.97 Å². The number of aryl methyl sites for hydroxylation is 6. The molecule has 0 saturated carbocycles. The average Bonchev–Trinajstić information content (AvgIpc) is 4.02. The number of rotatable bonds is 15. The molecule has 348 valence electrons. The molecule has 0 fully saturated rings. The maximum Gasteiger partial charge on any atom is 0.352 e. The Morgan fingerprint density at radius 2 is 1.00 bits per heavy atom. The largest absolute Gasteiger partial charge is 0.477 e. The first-order chi connectivity index (χ1) is 30.6. The number of hydrogen-bond acceptors (Lipinski definition) is 11. The lowest BCUT2D eigenvalue weighted by Crippen LogP contribution is -2.36. The second-order valence-electron chi connectivity index (χ2n) is 16.4. The first kappa shape index (κ1) is 52.3. The topological polar surface area (TPSA) is 196 Å². The van der Waals surface area contributed by atoms with E-state index in [1.54, 1.807) is 97.8 Å². The third kappa shape index (κ3) is 15.1. The Hall–Kier alpha value is -5.34. The lowest BCUT2D eigenvalue weighted by atomic mass is 10.1. The SMILES string of the molecule is CSSC(C)(C)CN.CSSC(C)(C)CNC(=O)c1cc(-c2ccc(NC(=O)c3nc(C)cn3C)cc2)cn1C.Cc1cn(C)c(C(=O)Nc2ccc(-c3cc(C(=O)O)n(C)c3)cc2)n1. The highest BCUT2D eigenvalue weighted by molar-refractivity contribution is 8.77. The van der Waals surface area contributed by atoms with E-state index in [0.717, 1.165) is 40.2 Å². The van der Waals surface area contributed by atoms with Gasteiger partial charge in [0.1, 0.15) is 11.4 Å². The van der Waals surface area contributed by atoms with Gasteiger partial charge in [0.15, 0.2) is 11.6 Å². The Balaban J connectivity index is 0.000000249. The van der Waals surface area contributed by atoms with Crippen LogP contribution in [-0.4, -0.2) is 92.1 Å². The summed E-state index contributed by atoms with van der Waals surface area (Å²) in [4.78, 5) is 57.0. The van der Waals surface area contributed by atoms with Gasteiger partial charge in [0.05, 0.1) is 11.4 Å². The van der Waals surface area contributed by atoms with Gasteiger partial charge in [0.2, 0.25) is 0 Å². The van der Waals surface area contributed by atoms with Gasteiger partial charge in [-0.25, -0.2) is 14.8 Å². The van der Waals surface area contributed by atoms with Crippen LogP contribution in [0.4, 0.5) is 11.4 Å². The standard InChI is InChI=1S/C23H29N5O2S2.C18H18N4O3.C5H13NS2/c1-15-12-28(5)20(25-15)22(30)26-18-9-7-16(8-10-18)17-11-19(27(4)13-17)21(29)24-14-23(2,3)32-31-6;1-11-9-22(3)16(19-11)17(23)20-14-6-4-12(5-7-14)13-8-15(18(24)25)21(2)10-13;1-5(2,4-6)8-7-3/h7-13H,14H2,1-6H3,(H,24,29)(H,26,30);4-10H,1-3H3,(H,20,23)(H,24,25);4,6H2,1-3H3. The van der Waals surface area contributed by atoms with Crippen molar-refractivity contribution >= 4 is 78.2 Å². The van der Waals surface area contributed by atoms with Crippen LogP contribution in [0.3, 0.4) is 0 Å². The molecule has 0 unspecified atom stereocenters. The van der Waals surface area contributed by atoms with Crippen molar-refractivity contribution in [3.8, 4) is 22.3 Å². The molecule has 6 N–H and O–H groups in total. The van der Waals surface area contributed by atoms with Crippen molar-refractivity contribution < 1.29 is 24.3 Å². The second kappa shape index (κ2) is 23.2. The van der Waals surface area contributed by atoms with E-state index in [1.807, 2.05) is 97.4 Å². The van der Waals surface area contributed by atoms with E-state index in [2.05, 4.69) is 59.9 Å². The fourth-order valence-electron chi connectivity index (χ4n) is 6.30. The minimum atomic E-state index is -0.969.